The van der Waals surface area contributed by atoms with Gasteiger partial charge in [-0.05, 0) is 67.9 Å². The number of hydrogen-bond donors (Lipinski definition) is 2. The van der Waals surface area contributed by atoms with Gasteiger partial charge in [-0.25, -0.2) is 23.4 Å². The molecule has 3 aromatic heterocycles. The van der Waals surface area contributed by atoms with Crippen LogP contribution in [0.5, 0.6) is 0 Å². The van der Waals surface area contributed by atoms with Gasteiger partial charge in [-0.3, -0.25) is 4.79 Å². The number of nitrogens with zero attached hydrogens (tertiary/aromatic N) is 6. The molecule has 42 heavy (non-hydrogen) atoms. The topological polar surface area (TPSA) is 125 Å². The van der Waals surface area contributed by atoms with Crippen LogP contribution in [0.15, 0.2) is 59.5 Å². The fourth-order valence-corrected chi connectivity index (χ4v) is 8.93. The van der Waals surface area contributed by atoms with E-state index in [1.165, 1.54) is 15.6 Å². The number of thiophene rings is 1. The molecule has 0 saturated carbocycles. The number of fused-ring (bicyclic) bond motifs is 1. The largest absolute Gasteiger partial charge is 0.354 e. The lowest BCUT2D eigenvalue weighted by Gasteiger charge is -2.42. The minimum Gasteiger partial charge on any atom is -0.354 e. The van der Waals surface area contributed by atoms with Gasteiger partial charge in [-0.15, -0.1) is 11.3 Å². The Labute approximate surface area is 254 Å². The van der Waals surface area contributed by atoms with Crippen molar-refractivity contribution < 1.29 is 13.2 Å². The highest BCUT2D eigenvalue weighted by molar-refractivity contribution is 7.91. The number of piperazine rings is 1. The van der Waals surface area contributed by atoms with Gasteiger partial charge in [0.15, 0.2) is 0 Å². The van der Waals surface area contributed by atoms with Crippen molar-refractivity contribution in [3.63, 3.8) is 0 Å². The van der Waals surface area contributed by atoms with Gasteiger partial charge < -0.3 is 20.1 Å². The molecule has 5 heterocycles. The summed E-state index contributed by atoms with van der Waals surface area (Å²) >= 11 is 7.28. The van der Waals surface area contributed by atoms with Crippen LogP contribution in [0, 0.1) is 5.92 Å². The molecule has 1 amide bonds. The molecule has 2 aliphatic rings. The minimum absolute atomic E-state index is 0.203. The average Bonchev–Trinajstić information content (AvgIpc) is 3.67. The summed E-state index contributed by atoms with van der Waals surface area (Å²) < 4.78 is 31.5. The lowest BCUT2D eigenvalue weighted by atomic mass is 9.86. The zero-order valence-electron chi connectivity index (χ0n) is 23.0. The number of piperidine rings is 1. The van der Waals surface area contributed by atoms with Gasteiger partial charge in [0.2, 0.25) is 11.9 Å². The number of aryl methyl sites for hydroxylation is 1. The molecule has 0 aliphatic carbocycles. The molecule has 2 saturated heterocycles. The van der Waals surface area contributed by atoms with Crippen LogP contribution < -0.4 is 10.6 Å². The highest BCUT2D eigenvalue weighted by atomic mass is 35.5. The molecule has 2 aliphatic heterocycles. The first-order chi connectivity index (χ1) is 20.4. The predicted octanol–water partition coefficient (Wildman–Crippen LogP) is 3.62. The van der Waals surface area contributed by atoms with Gasteiger partial charge in [0.25, 0.3) is 10.0 Å². The number of amides is 1. The summed E-state index contributed by atoms with van der Waals surface area (Å²) in [5, 5.41) is 8.08. The van der Waals surface area contributed by atoms with Gasteiger partial charge >= 0.3 is 0 Å². The second-order valence-corrected chi connectivity index (χ2v) is 14.3. The zero-order chi connectivity index (χ0) is 29.1. The maximum absolute atomic E-state index is 13.7. The summed E-state index contributed by atoms with van der Waals surface area (Å²) in [5.41, 5.74) is 0.778. The summed E-state index contributed by atoms with van der Waals surface area (Å²) in [4.78, 5) is 28.8. The number of anilines is 1. The van der Waals surface area contributed by atoms with Crippen molar-refractivity contribution in [1.29, 1.82) is 0 Å². The van der Waals surface area contributed by atoms with Crippen molar-refractivity contribution in [3.05, 3.63) is 66.0 Å². The minimum atomic E-state index is -3.83. The molecule has 0 bridgehead atoms. The smallest absolute Gasteiger partial charge is 0.253 e. The Hall–Kier alpha value is -3.10. The normalized spacial score (nSPS) is 18.0. The second kappa shape index (κ2) is 12.6. The van der Waals surface area contributed by atoms with E-state index >= 15 is 0 Å². The first kappa shape index (κ1) is 29.0. The first-order valence-corrected chi connectivity index (χ1v) is 16.7. The Balaban J connectivity index is 1.18. The maximum atomic E-state index is 13.7. The van der Waals surface area contributed by atoms with Crippen LogP contribution in [-0.4, -0.2) is 82.3 Å². The van der Waals surface area contributed by atoms with Crippen LogP contribution in [0.2, 0.25) is 5.02 Å². The zero-order valence-corrected chi connectivity index (χ0v) is 25.4. The van der Waals surface area contributed by atoms with Gasteiger partial charge in [-0.2, -0.15) is 4.31 Å². The average molecular weight is 629 g/mol. The van der Waals surface area contributed by atoms with E-state index in [4.69, 9.17) is 16.6 Å². The van der Waals surface area contributed by atoms with E-state index in [2.05, 4.69) is 20.6 Å². The summed E-state index contributed by atoms with van der Waals surface area (Å²) in [5.74, 6) is 0.510. The number of benzene rings is 1. The molecule has 14 heteroatoms. The van der Waals surface area contributed by atoms with Gasteiger partial charge in [0, 0.05) is 54.5 Å². The fraction of sp³-hybridized carbons (Fsp3) is 0.429. The third-order valence-electron chi connectivity index (χ3n) is 7.86. The second-order valence-electron chi connectivity index (χ2n) is 10.6. The molecule has 2 N–H and O–H groups in total. The highest BCUT2D eigenvalue weighted by Gasteiger charge is 2.40. The van der Waals surface area contributed by atoms with Crippen molar-refractivity contribution in [3.8, 4) is 0 Å². The van der Waals surface area contributed by atoms with Crippen LogP contribution in [0.1, 0.15) is 31.0 Å². The number of nitrogens with one attached hydrogen (secondary N) is 2. The van der Waals surface area contributed by atoms with Gasteiger partial charge in [0.1, 0.15) is 4.21 Å². The van der Waals surface area contributed by atoms with Crippen molar-refractivity contribution >= 4 is 54.9 Å². The van der Waals surface area contributed by atoms with Crippen molar-refractivity contribution in [2.24, 2.45) is 5.92 Å². The molecule has 0 spiro atoms. The Morgan fingerprint density at radius 1 is 1.14 bits per heavy atom. The SMILES string of the molecule is O=C1CN(S(=O)(=O)c2cc3ccc(Cl)cc3s2)CCN1C(c1ccnc(NCCCn2ccnc2)n1)C1CCNCC1. The predicted molar refractivity (Wildman–Crippen MR) is 163 cm³/mol. The summed E-state index contributed by atoms with van der Waals surface area (Å²) in [6.07, 6.45) is 9.90. The van der Waals surface area contributed by atoms with Crippen LogP contribution in [0.3, 0.4) is 0 Å². The molecular weight excluding hydrogens is 596 g/mol. The molecule has 222 valence electrons. The Morgan fingerprint density at radius 2 is 2.00 bits per heavy atom. The Bertz CT molecular complexity index is 1640. The third-order valence-corrected chi connectivity index (χ3v) is 11.5. The Morgan fingerprint density at radius 3 is 2.79 bits per heavy atom. The Kier molecular flexibility index (Phi) is 8.72. The number of halogens is 1. The van der Waals surface area contributed by atoms with Crippen molar-refractivity contribution in [1.82, 2.24) is 34.0 Å². The maximum Gasteiger partial charge on any atom is 0.253 e. The molecule has 1 unspecified atom stereocenters. The number of imidazole rings is 1. The first-order valence-electron chi connectivity index (χ1n) is 14.1. The van der Waals surface area contributed by atoms with Crippen LogP contribution >= 0.6 is 22.9 Å². The van der Waals surface area contributed by atoms with E-state index in [1.54, 1.807) is 36.9 Å². The number of hydrogen-bond acceptors (Lipinski definition) is 9. The van der Waals surface area contributed by atoms with E-state index in [0.29, 0.717) is 24.1 Å². The molecule has 2 fully saturated rings. The number of sulfonamides is 1. The monoisotopic (exact) mass is 628 g/mol. The fourth-order valence-electron chi connectivity index (χ4n) is 5.72. The van der Waals surface area contributed by atoms with Gasteiger partial charge in [0.05, 0.1) is 24.6 Å². The molecule has 1 aromatic carbocycles. The molecule has 6 rings (SSSR count). The molecule has 4 aromatic rings. The van der Waals surface area contributed by atoms with Crippen molar-refractivity contribution in [2.45, 2.75) is 36.1 Å². The van der Waals surface area contributed by atoms with E-state index < -0.39 is 10.0 Å². The summed E-state index contributed by atoms with van der Waals surface area (Å²) in [7, 11) is -3.83. The lowest BCUT2D eigenvalue weighted by molar-refractivity contribution is -0.138. The van der Waals surface area contributed by atoms with E-state index in [0.717, 1.165) is 54.7 Å². The molecule has 0 radical (unpaired) electrons. The summed E-state index contributed by atoms with van der Waals surface area (Å²) in [6, 6.07) is 8.59. The standard InChI is InChI=1S/C28H33ClN8O3S2/c29-22-3-2-21-16-26(41-24(21)17-22)42(39,40)36-14-15-37(25(38)18-36)27(20-4-8-30-9-5-20)23-6-10-33-28(34-23)32-7-1-12-35-13-11-31-19-35/h2-3,6,10-11,13,16-17,19-20,27,30H,1,4-5,7-9,12,14-15,18H2,(H,32,33,34). The quantitative estimate of drug-likeness (QED) is 0.255. The number of carbonyl (C=O) groups is 1. The molecule has 1 atom stereocenters. The van der Waals surface area contributed by atoms with Crippen molar-refractivity contribution in [2.75, 3.05) is 44.6 Å². The van der Waals surface area contributed by atoms with E-state index in [9.17, 15) is 13.2 Å². The van der Waals surface area contributed by atoms with E-state index in [1.807, 2.05) is 27.8 Å². The van der Waals surface area contributed by atoms with Gasteiger partial charge in [-0.1, -0.05) is 17.7 Å². The summed E-state index contributed by atoms with van der Waals surface area (Å²) in [6.45, 7) is 3.56. The van der Waals surface area contributed by atoms with Crippen LogP contribution in [-0.2, 0) is 21.4 Å². The third kappa shape index (κ3) is 6.30. The molecule has 11 nitrogen and oxygen atoms in total. The number of rotatable bonds is 10. The number of carbonyl (C=O) groups excluding carboxylic acids is 1. The van der Waals surface area contributed by atoms with E-state index in [-0.39, 0.29) is 35.2 Å². The lowest BCUT2D eigenvalue weighted by Crippen LogP contribution is -2.54. The number of aromatic nitrogens is 4. The molecular formula is C28H33ClN8O3S2. The van der Waals surface area contributed by atoms with Crippen LogP contribution in [0.25, 0.3) is 10.1 Å². The highest BCUT2D eigenvalue weighted by Crippen LogP contribution is 2.37. The van der Waals surface area contributed by atoms with Crippen LogP contribution in [0.4, 0.5) is 5.95 Å².